The molecule has 0 radical (unpaired) electrons. The first-order valence-electron chi connectivity index (χ1n) is 11.0. The van der Waals surface area contributed by atoms with Gasteiger partial charge >= 0.3 is 12.1 Å². The average molecular weight is 435 g/mol. The van der Waals surface area contributed by atoms with Gasteiger partial charge in [0.25, 0.3) is 0 Å². The van der Waals surface area contributed by atoms with Crippen LogP contribution in [0.4, 0.5) is 13.2 Å². The maximum absolute atomic E-state index is 12.8. The van der Waals surface area contributed by atoms with E-state index in [-0.39, 0.29) is 24.9 Å². The molecule has 2 aromatic carbocycles. The number of ether oxygens (including phenoxy) is 1. The summed E-state index contributed by atoms with van der Waals surface area (Å²) in [6, 6.07) is 12.1. The van der Waals surface area contributed by atoms with Gasteiger partial charge in [-0.2, -0.15) is 13.2 Å². The van der Waals surface area contributed by atoms with Crippen molar-refractivity contribution in [2.24, 2.45) is 11.8 Å². The maximum Gasteiger partial charge on any atom is 0.391 e. The highest BCUT2D eigenvalue weighted by atomic mass is 19.4. The van der Waals surface area contributed by atoms with Gasteiger partial charge in [-0.05, 0) is 86.1 Å². The monoisotopic (exact) mass is 435 g/mol. The molecule has 1 aliphatic heterocycles. The number of carboxylic acids is 1. The minimum atomic E-state index is -4.10. The number of likely N-dealkylation sites (tertiary alicyclic amines) is 1. The van der Waals surface area contributed by atoms with Gasteiger partial charge in [0.2, 0.25) is 0 Å². The number of carboxylic acid groups (broad SMARTS) is 1. The summed E-state index contributed by atoms with van der Waals surface area (Å²) in [4.78, 5) is 13.4. The zero-order valence-electron chi connectivity index (χ0n) is 17.4. The van der Waals surface area contributed by atoms with E-state index in [0.29, 0.717) is 31.4 Å². The lowest BCUT2D eigenvalue weighted by Crippen LogP contribution is -2.35. The summed E-state index contributed by atoms with van der Waals surface area (Å²) in [5.74, 6) is -1.42. The first kappa shape index (κ1) is 21.9. The average Bonchev–Trinajstić information content (AvgIpc) is 2.74. The molecular weight excluding hydrogens is 407 g/mol. The van der Waals surface area contributed by atoms with Crippen molar-refractivity contribution in [2.75, 3.05) is 13.1 Å². The topological polar surface area (TPSA) is 49.8 Å². The van der Waals surface area contributed by atoms with E-state index in [9.17, 15) is 18.0 Å². The predicted octanol–water partition coefficient (Wildman–Crippen LogP) is 5.64. The summed E-state index contributed by atoms with van der Waals surface area (Å²) in [6.45, 7) is 2.37. The minimum Gasteiger partial charge on any atom is -0.490 e. The van der Waals surface area contributed by atoms with Gasteiger partial charge in [-0.3, -0.25) is 9.69 Å². The van der Waals surface area contributed by atoms with Crippen molar-refractivity contribution in [3.63, 3.8) is 0 Å². The molecule has 7 heteroatoms. The molecule has 0 atom stereocenters. The van der Waals surface area contributed by atoms with Gasteiger partial charge in [0.1, 0.15) is 5.75 Å². The molecule has 1 saturated heterocycles. The molecule has 0 amide bonds. The number of hydrogen-bond donors (Lipinski definition) is 1. The van der Waals surface area contributed by atoms with E-state index < -0.39 is 18.1 Å². The molecule has 0 bridgehead atoms. The van der Waals surface area contributed by atoms with Crippen LogP contribution in [0.1, 0.15) is 44.1 Å². The number of piperidine rings is 1. The molecule has 1 saturated carbocycles. The Kier molecular flexibility index (Phi) is 6.42. The van der Waals surface area contributed by atoms with Gasteiger partial charge in [-0.25, -0.2) is 0 Å². The maximum atomic E-state index is 12.8. The standard InChI is InChI=1S/C24H28F3NO3/c25-24(26,27)20-4-7-21(8-5-20)31-22-6-3-18-13-16(1-2-19(18)14-22)15-28-11-9-17(10-12-28)23(29)30/h1-3,6,13-14,17,20-21H,4-5,7-12,15H2,(H,29,30). The molecule has 1 heterocycles. The molecular formula is C24H28F3NO3. The van der Waals surface area contributed by atoms with E-state index in [1.165, 1.54) is 5.56 Å². The van der Waals surface area contributed by atoms with Crippen LogP contribution in [0.25, 0.3) is 10.8 Å². The molecule has 2 aliphatic rings. The second-order valence-electron chi connectivity index (χ2n) is 8.87. The second-order valence-corrected chi connectivity index (χ2v) is 8.87. The van der Waals surface area contributed by atoms with E-state index in [0.717, 1.165) is 30.4 Å². The van der Waals surface area contributed by atoms with E-state index in [1.807, 2.05) is 24.3 Å². The number of rotatable bonds is 5. The SMILES string of the molecule is O=C(O)C1CCN(Cc2ccc3cc(OC4CCC(C(F)(F)F)CC4)ccc3c2)CC1. The van der Waals surface area contributed by atoms with Crippen LogP contribution in [-0.2, 0) is 11.3 Å². The van der Waals surface area contributed by atoms with Crippen molar-refractivity contribution in [1.82, 2.24) is 4.90 Å². The molecule has 0 aromatic heterocycles. The zero-order valence-corrected chi connectivity index (χ0v) is 17.4. The number of hydrogen-bond acceptors (Lipinski definition) is 3. The minimum absolute atomic E-state index is 0.134. The Bertz CT molecular complexity index is 914. The summed E-state index contributed by atoms with van der Waals surface area (Å²) in [5, 5.41) is 11.3. The van der Waals surface area contributed by atoms with Crippen molar-refractivity contribution >= 4 is 16.7 Å². The fourth-order valence-electron chi connectivity index (χ4n) is 4.74. The lowest BCUT2D eigenvalue weighted by molar-refractivity contribution is -0.185. The normalized spacial score (nSPS) is 23.7. The van der Waals surface area contributed by atoms with Crippen LogP contribution in [0.3, 0.4) is 0 Å². The van der Waals surface area contributed by atoms with E-state index in [1.54, 1.807) is 0 Å². The molecule has 4 nitrogen and oxygen atoms in total. The first-order valence-corrected chi connectivity index (χ1v) is 11.0. The summed E-state index contributed by atoms with van der Waals surface area (Å²) in [6.07, 6.45) is -1.76. The van der Waals surface area contributed by atoms with Crippen molar-refractivity contribution < 1.29 is 27.8 Å². The van der Waals surface area contributed by atoms with Crippen LogP contribution in [0.15, 0.2) is 36.4 Å². The van der Waals surface area contributed by atoms with Crippen LogP contribution in [0, 0.1) is 11.8 Å². The van der Waals surface area contributed by atoms with Gasteiger partial charge in [-0.15, -0.1) is 0 Å². The number of halogens is 3. The summed E-state index contributed by atoms with van der Waals surface area (Å²) in [7, 11) is 0. The molecule has 0 spiro atoms. The third kappa shape index (κ3) is 5.50. The number of nitrogens with zero attached hydrogens (tertiary/aromatic N) is 1. The quantitative estimate of drug-likeness (QED) is 0.661. The largest absolute Gasteiger partial charge is 0.490 e. The lowest BCUT2D eigenvalue weighted by atomic mass is 9.87. The van der Waals surface area contributed by atoms with Gasteiger partial charge < -0.3 is 9.84 Å². The molecule has 1 N–H and O–H groups in total. The summed E-state index contributed by atoms with van der Waals surface area (Å²) in [5.41, 5.74) is 1.18. The number of aliphatic carboxylic acids is 1. The Morgan fingerprint density at radius 2 is 1.61 bits per heavy atom. The Balaban J connectivity index is 1.34. The Hall–Kier alpha value is -2.28. The van der Waals surface area contributed by atoms with Crippen molar-refractivity contribution in [1.29, 1.82) is 0 Å². The number of carbonyl (C=O) groups is 1. The predicted molar refractivity (Wildman–Crippen MR) is 112 cm³/mol. The molecule has 0 unspecified atom stereocenters. The first-order chi connectivity index (χ1) is 14.8. The van der Waals surface area contributed by atoms with Crippen LogP contribution in [0.2, 0.25) is 0 Å². The highest BCUT2D eigenvalue weighted by molar-refractivity contribution is 5.84. The lowest BCUT2D eigenvalue weighted by Gasteiger charge is -2.30. The fraction of sp³-hybridized carbons (Fsp3) is 0.542. The van der Waals surface area contributed by atoms with Crippen LogP contribution in [-0.4, -0.2) is 41.3 Å². The Morgan fingerprint density at radius 3 is 2.26 bits per heavy atom. The second kappa shape index (κ2) is 9.07. The summed E-state index contributed by atoms with van der Waals surface area (Å²) >= 11 is 0. The smallest absolute Gasteiger partial charge is 0.391 e. The van der Waals surface area contributed by atoms with E-state index in [2.05, 4.69) is 17.0 Å². The zero-order chi connectivity index (χ0) is 22.0. The van der Waals surface area contributed by atoms with E-state index in [4.69, 9.17) is 9.84 Å². The Labute approximate surface area is 180 Å². The molecule has 31 heavy (non-hydrogen) atoms. The van der Waals surface area contributed by atoms with Crippen LogP contribution in [0.5, 0.6) is 5.75 Å². The Morgan fingerprint density at radius 1 is 0.968 bits per heavy atom. The van der Waals surface area contributed by atoms with Crippen molar-refractivity contribution in [2.45, 2.75) is 57.3 Å². The third-order valence-electron chi connectivity index (χ3n) is 6.66. The molecule has 168 valence electrons. The number of fused-ring (bicyclic) bond motifs is 1. The molecule has 4 rings (SSSR count). The number of benzene rings is 2. The van der Waals surface area contributed by atoms with Crippen LogP contribution < -0.4 is 4.74 Å². The van der Waals surface area contributed by atoms with Gasteiger partial charge in [0.05, 0.1) is 17.9 Å². The molecule has 2 fully saturated rings. The van der Waals surface area contributed by atoms with Gasteiger partial charge in [0.15, 0.2) is 0 Å². The third-order valence-corrected chi connectivity index (χ3v) is 6.66. The highest BCUT2D eigenvalue weighted by Crippen LogP contribution is 2.38. The highest BCUT2D eigenvalue weighted by Gasteiger charge is 2.41. The molecule has 1 aliphatic carbocycles. The van der Waals surface area contributed by atoms with Crippen molar-refractivity contribution in [3.05, 3.63) is 42.0 Å². The van der Waals surface area contributed by atoms with Crippen LogP contribution >= 0.6 is 0 Å². The number of alkyl halides is 3. The van der Waals surface area contributed by atoms with Gasteiger partial charge in [0, 0.05) is 6.54 Å². The van der Waals surface area contributed by atoms with Crippen molar-refractivity contribution in [3.8, 4) is 5.75 Å². The van der Waals surface area contributed by atoms with E-state index >= 15 is 0 Å². The van der Waals surface area contributed by atoms with Gasteiger partial charge in [-0.1, -0.05) is 18.2 Å². The summed E-state index contributed by atoms with van der Waals surface area (Å²) < 4.78 is 44.5. The molecule has 2 aromatic rings. The fourth-order valence-corrected chi connectivity index (χ4v) is 4.74.